The molecular weight excluding hydrogens is 114 g/mol. The summed E-state index contributed by atoms with van der Waals surface area (Å²) in [6, 6.07) is 0. The quantitative estimate of drug-likeness (QED) is 0.442. The van der Waals surface area contributed by atoms with Crippen LogP contribution in [0.15, 0.2) is 12.7 Å². The van der Waals surface area contributed by atoms with Crippen LogP contribution in [-0.4, -0.2) is 13.7 Å². The van der Waals surface area contributed by atoms with Crippen LogP contribution in [0.5, 0.6) is 0 Å². The lowest BCUT2D eigenvalue weighted by Crippen LogP contribution is -2.43. The van der Waals surface area contributed by atoms with Crippen LogP contribution >= 0.6 is 0 Å². The van der Waals surface area contributed by atoms with Gasteiger partial charge in [-0.3, -0.25) is 0 Å². The molecule has 0 saturated carbocycles. The van der Waals surface area contributed by atoms with Gasteiger partial charge in [0.15, 0.2) is 0 Å². The lowest BCUT2D eigenvalue weighted by molar-refractivity contribution is 1.08. The molecule has 8 heavy (non-hydrogen) atoms. The SMILES string of the molecule is C=CC(N)[Si](C)(C)C. The molecule has 0 aliphatic carbocycles. The number of nitrogens with two attached hydrogens (primary N) is 1. The average Bonchev–Trinajstić information content (AvgIpc) is 1.62. The van der Waals surface area contributed by atoms with Crippen LogP contribution in [0.4, 0.5) is 0 Å². The van der Waals surface area contributed by atoms with Crippen LogP contribution in [0.1, 0.15) is 0 Å². The van der Waals surface area contributed by atoms with Gasteiger partial charge in [-0.25, -0.2) is 0 Å². The fraction of sp³-hybridized carbons (Fsp3) is 0.667. The molecule has 2 heteroatoms. The van der Waals surface area contributed by atoms with E-state index in [1.54, 1.807) is 0 Å². The van der Waals surface area contributed by atoms with E-state index >= 15 is 0 Å². The highest BCUT2D eigenvalue weighted by atomic mass is 28.3. The molecule has 1 nitrogen and oxygen atoms in total. The molecule has 0 radical (unpaired) electrons. The summed E-state index contributed by atoms with van der Waals surface area (Å²) in [6.45, 7) is 10.3. The predicted octanol–water partition coefficient (Wildman–Crippen LogP) is 1.38. The Kier molecular flexibility index (Phi) is 2.44. The van der Waals surface area contributed by atoms with Crippen molar-refractivity contribution in [2.75, 3.05) is 0 Å². The molecule has 0 bridgehead atoms. The van der Waals surface area contributed by atoms with Gasteiger partial charge in [-0.1, -0.05) is 25.7 Å². The zero-order valence-corrected chi connectivity index (χ0v) is 6.94. The fourth-order valence-electron chi connectivity index (χ4n) is 0.354. The van der Waals surface area contributed by atoms with Crippen molar-refractivity contribution in [3.05, 3.63) is 12.7 Å². The summed E-state index contributed by atoms with van der Waals surface area (Å²) in [4.78, 5) is 0. The van der Waals surface area contributed by atoms with E-state index in [9.17, 15) is 0 Å². The highest BCUT2D eigenvalue weighted by molar-refractivity contribution is 6.78. The van der Waals surface area contributed by atoms with E-state index in [4.69, 9.17) is 5.73 Å². The first-order chi connectivity index (χ1) is 3.48. The minimum atomic E-state index is -1.10. The van der Waals surface area contributed by atoms with Gasteiger partial charge >= 0.3 is 0 Å². The van der Waals surface area contributed by atoms with E-state index in [-0.39, 0.29) is 5.67 Å². The normalized spacial score (nSPS) is 15.5. The molecule has 0 fully saturated rings. The van der Waals surface area contributed by atoms with E-state index in [2.05, 4.69) is 26.2 Å². The molecule has 0 rings (SSSR count). The topological polar surface area (TPSA) is 26.0 Å². The van der Waals surface area contributed by atoms with Gasteiger partial charge in [0.05, 0.1) is 8.07 Å². The van der Waals surface area contributed by atoms with E-state index in [1.807, 2.05) is 6.08 Å². The van der Waals surface area contributed by atoms with Crippen LogP contribution < -0.4 is 5.73 Å². The van der Waals surface area contributed by atoms with Crippen LogP contribution in [0.25, 0.3) is 0 Å². The number of hydrogen-bond acceptors (Lipinski definition) is 1. The van der Waals surface area contributed by atoms with Gasteiger partial charge < -0.3 is 5.73 Å². The first kappa shape index (κ1) is 7.92. The zero-order valence-electron chi connectivity index (χ0n) is 5.94. The second-order valence-electron chi connectivity index (χ2n) is 3.13. The summed E-state index contributed by atoms with van der Waals surface area (Å²) in [5.41, 5.74) is 5.95. The number of rotatable bonds is 2. The van der Waals surface area contributed by atoms with Crippen LogP contribution in [0.2, 0.25) is 19.6 Å². The Balaban J connectivity index is 3.80. The maximum atomic E-state index is 5.69. The molecule has 0 aromatic carbocycles. The molecule has 1 unspecified atom stereocenters. The molecule has 0 aliphatic heterocycles. The Morgan fingerprint density at radius 3 is 1.88 bits per heavy atom. The smallest absolute Gasteiger partial charge is 0.0680 e. The maximum Gasteiger partial charge on any atom is 0.0680 e. The standard InChI is InChI=1S/C6H15NSi/c1-5-6(7)8(2,3)4/h5-6H,1,7H2,2-4H3. The maximum absolute atomic E-state index is 5.69. The molecule has 0 heterocycles. The summed E-state index contributed by atoms with van der Waals surface area (Å²) in [5, 5.41) is 0. The van der Waals surface area contributed by atoms with Crippen molar-refractivity contribution in [1.29, 1.82) is 0 Å². The van der Waals surface area contributed by atoms with Crippen LogP contribution in [0.3, 0.4) is 0 Å². The second-order valence-corrected chi connectivity index (χ2v) is 8.53. The van der Waals surface area contributed by atoms with Gasteiger partial charge in [0.1, 0.15) is 0 Å². The largest absolute Gasteiger partial charge is 0.327 e. The van der Waals surface area contributed by atoms with Crippen molar-refractivity contribution in [1.82, 2.24) is 0 Å². The van der Waals surface area contributed by atoms with Crippen molar-refractivity contribution in [2.45, 2.75) is 25.3 Å². The number of hydrogen-bond donors (Lipinski definition) is 1. The molecule has 0 amide bonds. The summed E-state index contributed by atoms with van der Waals surface area (Å²) in [5.74, 6) is 0. The molecule has 0 aromatic heterocycles. The van der Waals surface area contributed by atoms with Gasteiger partial charge in [-0.05, 0) is 0 Å². The van der Waals surface area contributed by atoms with E-state index < -0.39 is 8.07 Å². The second kappa shape index (κ2) is 2.46. The molecule has 48 valence electrons. The van der Waals surface area contributed by atoms with Gasteiger partial charge in [0.25, 0.3) is 0 Å². The van der Waals surface area contributed by atoms with Crippen LogP contribution in [-0.2, 0) is 0 Å². The molecule has 0 aliphatic rings. The molecule has 2 N–H and O–H groups in total. The Labute approximate surface area is 52.6 Å². The highest BCUT2D eigenvalue weighted by Crippen LogP contribution is 2.04. The Hall–Kier alpha value is -0.0831. The van der Waals surface area contributed by atoms with E-state index in [0.717, 1.165) is 0 Å². The minimum Gasteiger partial charge on any atom is -0.327 e. The average molecular weight is 129 g/mol. The third-order valence-corrected chi connectivity index (χ3v) is 3.49. The first-order valence-corrected chi connectivity index (χ1v) is 6.44. The summed E-state index contributed by atoms with van der Waals surface area (Å²) in [6.07, 6.45) is 1.84. The Bertz CT molecular complexity index is 83.0. The molecule has 0 spiro atoms. The summed E-state index contributed by atoms with van der Waals surface area (Å²) in [7, 11) is -1.10. The van der Waals surface area contributed by atoms with Crippen molar-refractivity contribution in [2.24, 2.45) is 5.73 Å². The van der Waals surface area contributed by atoms with Gasteiger partial charge in [0, 0.05) is 5.67 Å². The first-order valence-electron chi connectivity index (χ1n) is 2.86. The Morgan fingerprint density at radius 2 is 1.88 bits per heavy atom. The lowest BCUT2D eigenvalue weighted by atomic mass is 10.6. The minimum absolute atomic E-state index is 0.252. The van der Waals surface area contributed by atoms with Crippen LogP contribution in [0, 0.1) is 0 Å². The van der Waals surface area contributed by atoms with Gasteiger partial charge in [0.2, 0.25) is 0 Å². The molecule has 0 saturated heterocycles. The van der Waals surface area contributed by atoms with Gasteiger partial charge in [-0.15, -0.1) is 6.58 Å². The predicted molar refractivity (Wildman–Crippen MR) is 41.5 cm³/mol. The summed E-state index contributed by atoms with van der Waals surface area (Å²) < 4.78 is 0. The van der Waals surface area contributed by atoms with Crippen molar-refractivity contribution < 1.29 is 0 Å². The van der Waals surface area contributed by atoms with E-state index in [0.29, 0.717) is 0 Å². The molecule has 0 aromatic rings. The summed E-state index contributed by atoms with van der Waals surface area (Å²) >= 11 is 0. The third-order valence-electron chi connectivity index (χ3n) is 1.25. The highest BCUT2D eigenvalue weighted by Gasteiger charge is 2.19. The van der Waals surface area contributed by atoms with Gasteiger partial charge in [-0.2, -0.15) is 0 Å². The fourth-order valence-corrected chi connectivity index (χ4v) is 1.06. The monoisotopic (exact) mass is 129 g/mol. The van der Waals surface area contributed by atoms with Crippen molar-refractivity contribution >= 4 is 8.07 Å². The Morgan fingerprint density at radius 1 is 1.50 bits per heavy atom. The van der Waals surface area contributed by atoms with Crippen molar-refractivity contribution in [3.63, 3.8) is 0 Å². The molecular formula is C6H15NSi. The zero-order chi connectivity index (χ0) is 6.78. The van der Waals surface area contributed by atoms with E-state index in [1.165, 1.54) is 0 Å². The lowest BCUT2D eigenvalue weighted by Gasteiger charge is -2.20. The molecule has 1 atom stereocenters. The third kappa shape index (κ3) is 2.28. The van der Waals surface area contributed by atoms with Crippen molar-refractivity contribution in [3.8, 4) is 0 Å².